The van der Waals surface area contributed by atoms with E-state index in [0.29, 0.717) is 11.6 Å². The van der Waals surface area contributed by atoms with Gasteiger partial charge in [-0.3, -0.25) is 4.79 Å². The number of benzene rings is 1. The quantitative estimate of drug-likeness (QED) is 0.444. The van der Waals surface area contributed by atoms with Crippen molar-refractivity contribution < 1.29 is 4.79 Å². The van der Waals surface area contributed by atoms with Crippen LogP contribution in [-0.4, -0.2) is 16.9 Å². The molecule has 1 atom stereocenters. The monoisotopic (exact) mass is 464 g/mol. The van der Waals surface area contributed by atoms with Crippen LogP contribution in [0.15, 0.2) is 36.5 Å². The Balaban J connectivity index is 1.40. The van der Waals surface area contributed by atoms with Gasteiger partial charge in [-0.1, -0.05) is 44.2 Å². The van der Waals surface area contributed by atoms with Crippen LogP contribution in [0, 0.1) is 17.2 Å². The topological polar surface area (TPSA) is 77.8 Å². The molecule has 1 unspecified atom stereocenters. The number of hydrogen-bond acceptors (Lipinski definition) is 6. The lowest BCUT2D eigenvalue weighted by Gasteiger charge is -2.23. The van der Waals surface area contributed by atoms with Crippen LogP contribution in [0.2, 0.25) is 0 Å². The maximum Gasteiger partial charge on any atom is 0.228 e. The Morgan fingerprint density at radius 2 is 2.03 bits per heavy atom. The first kappa shape index (κ1) is 22.7. The van der Waals surface area contributed by atoms with Gasteiger partial charge in [0.15, 0.2) is 0 Å². The van der Waals surface area contributed by atoms with Gasteiger partial charge in [0.25, 0.3) is 0 Å². The summed E-state index contributed by atoms with van der Waals surface area (Å²) in [6.45, 7) is 4.85. The number of fused-ring (bicyclic) bond motifs is 1. The van der Waals surface area contributed by atoms with E-state index in [1.54, 1.807) is 22.7 Å². The maximum absolute atomic E-state index is 12.6. The number of rotatable bonds is 8. The van der Waals surface area contributed by atoms with E-state index in [2.05, 4.69) is 33.8 Å². The fraction of sp³-hybridized carbons (Fsp3) is 0.400. The predicted molar refractivity (Wildman–Crippen MR) is 132 cm³/mol. The van der Waals surface area contributed by atoms with Crippen LogP contribution in [0.25, 0.3) is 10.6 Å². The van der Waals surface area contributed by atoms with Gasteiger partial charge in [-0.05, 0) is 37.7 Å². The van der Waals surface area contributed by atoms with Crippen LogP contribution in [0.3, 0.4) is 0 Å². The lowest BCUT2D eigenvalue weighted by Crippen LogP contribution is -2.33. The van der Waals surface area contributed by atoms with Gasteiger partial charge in [-0.25, -0.2) is 4.98 Å². The molecule has 3 aromatic rings. The zero-order chi connectivity index (χ0) is 22.5. The van der Waals surface area contributed by atoms with E-state index in [1.165, 1.54) is 9.75 Å². The molecule has 1 amide bonds. The zero-order valence-electron chi connectivity index (χ0n) is 18.5. The van der Waals surface area contributed by atoms with Crippen LogP contribution in [0.1, 0.15) is 54.0 Å². The summed E-state index contributed by atoms with van der Waals surface area (Å²) in [5.41, 5.74) is 2.94. The van der Waals surface area contributed by atoms with Crippen molar-refractivity contribution in [1.82, 2.24) is 10.3 Å². The summed E-state index contributed by atoms with van der Waals surface area (Å²) in [6, 6.07) is 13.0. The summed E-state index contributed by atoms with van der Waals surface area (Å²) in [6.07, 6.45) is 6.32. The average Bonchev–Trinajstić information content (AvgIpc) is 3.43. The lowest BCUT2D eigenvalue weighted by molar-refractivity contribution is -0.120. The molecule has 4 rings (SSSR count). The predicted octanol–water partition coefficient (Wildman–Crippen LogP) is 5.77. The van der Waals surface area contributed by atoms with Gasteiger partial charge < -0.3 is 10.6 Å². The molecule has 2 heterocycles. The van der Waals surface area contributed by atoms with Crippen molar-refractivity contribution >= 4 is 33.6 Å². The van der Waals surface area contributed by atoms with Gasteiger partial charge in [-0.2, -0.15) is 5.26 Å². The average molecular weight is 465 g/mol. The SMILES string of the molecule is CCC(CC)C(=O)Nc1sc2c(c1C#N)CCC(NCc1cnc(-c3ccccc3)s1)C2. The van der Waals surface area contributed by atoms with Crippen molar-refractivity contribution in [1.29, 1.82) is 5.26 Å². The number of nitrogens with zero attached hydrogens (tertiary/aromatic N) is 2. The molecule has 0 fully saturated rings. The number of amides is 1. The Hall–Kier alpha value is -2.53. The minimum absolute atomic E-state index is 0.00438. The third-order valence-corrected chi connectivity index (χ3v) is 8.33. The fourth-order valence-corrected chi connectivity index (χ4v) is 6.34. The number of nitrogens with one attached hydrogen (secondary N) is 2. The molecule has 0 bridgehead atoms. The molecule has 1 aliphatic rings. The number of anilines is 1. The maximum atomic E-state index is 12.6. The second-order valence-electron chi connectivity index (χ2n) is 8.14. The summed E-state index contributed by atoms with van der Waals surface area (Å²) in [5.74, 6) is 0.0226. The fourth-order valence-electron chi connectivity index (χ4n) is 4.19. The van der Waals surface area contributed by atoms with Gasteiger partial charge in [0, 0.05) is 40.0 Å². The highest BCUT2D eigenvalue weighted by Crippen LogP contribution is 2.38. The molecule has 2 aromatic heterocycles. The summed E-state index contributed by atoms with van der Waals surface area (Å²) in [4.78, 5) is 19.6. The van der Waals surface area contributed by atoms with Crippen LogP contribution in [0.4, 0.5) is 5.00 Å². The van der Waals surface area contributed by atoms with Crippen LogP contribution in [0.5, 0.6) is 0 Å². The van der Waals surface area contributed by atoms with Crippen molar-refractivity contribution in [3.05, 3.63) is 57.4 Å². The van der Waals surface area contributed by atoms with Gasteiger partial charge in [0.2, 0.25) is 5.91 Å². The Kier molecular flexibility index (Phi) is 7.36. The van der Waals surface area contributed by atoms with Crippen LogP contribution < -0.4 is 10.6 Å². The third-order valence-electron chi connectivity index (χ3n) is 6.11. The number of thiazole rings is 1. The minimum atomic E-state index is -0.00438. The molecule has 0 saturated carbocycles. The highest BCUT2D eigenvalue weighted by Gasteiger charge is 2.27. The van der Waals surface area contributed by atoms with Crippen molar-refractivity contribution in [2.75, 3.05) is 5.32 Å². The first-order chi connectivity index (χ1) is 15.6. The van der Waals surface area contributed by atoms with Crippen LogP contribution >= 0.6 is 22.7 Å². The number of hydrogen-bond donors (Lipinski definition) is 2. The molecule has 7 heteroatoms. The van der Waals surface area contributed by atoms with Crippen molar-refractivity contribution in [3.8, 4) is 16.6 Å². The normalized spacial score (nSPS) is 15.4. The third kappa shape index (κ3) is 4.93. The van der Waals surface area contributed by atoms with E-state index in [1.807, 2.05) is 38.2 Å². The molecule has 2 N–H and O–H groups in total. The molecule has 166 valence electrons. The zero-order valence-corrected chi connectivity index (χ0v) is 20.1. The molecule has 32 heavy (non-hydrogen) atoms. The number of aromatic nitrogens is 1. The summed E-state index contributed by atoms with van der Waals surface area (Å²) in [5, 5.41) is 18.2. The van der Waals surface area contributed by atoms with Crippen molar-refractivity contribution in [3.63, 3.8) is 0 Å². The van der Waals surface area contributed by atoms with Gasteiger partial charge in [0.05, 0.1) is 5.56 Å². The largest absolute Gasteiger partial charge is 0.316 e. The van der Waals surface area contributed by atoms with Crippen LogP contribution in [-0.2, 0) is 24.2 Å². The number of nitriles is 1. The molecular weight excluding hydrogens is 436 g/mol. The molecule has 1 aliphatic carbocycles. The van der Waals surface area contributed by atoms with E-state index in [-0.39, 0.29) is 11.8 Å². The molecular formula is C25H28N4OS2. The molecule has 0 saturated heterocycles. The Morgan fingerprint density at radius 3 is 2.75 bits per heavy atom. The van der Waals surface area contributed by atoms with E-state index in [4.69, 9.17) is 0 Å². The van der Waals surface area contributed by atoms with Gasteiger partial charge >= 0.3 is 0 Å². The van der Waals surface area contributed by atoms with E-state index in [9.17, 15) is 10.1 Å². The molecule has 0 radical (unpaired) electrons. The number of thiophene rings is 1. The van der Waals surface area contributed by atoms with Crippen molar-refractivity contribution in [2.24, 2.45) is 5.92 Å². The summed E-state index contributed by atoms with van der Waals surface area (Å²) in [7, 11) is 0. The smallest absolute Gasteiger partial charge is 0.228 e. The van der Waals surface area contributed by atoms with Crippen molar-refractivity contribution in [2.45, 2.75) is 58.5 Å². The highest BCUT2D eigenvalue weighted by atomic mass is 32.1. The van der Waals surface area contributed by atoms with Gasteiger partial charge in [-0.15, -0.1) is 22.7 Å². The molecule has 1 aromatic carbocycles. The highest BCUT2D eigenvalue weighted by molar-refractivity contribution is 7.16. The number of carbonyl (C=O) groups excluding carboxylic acids is 1. The summed E-state index contributed by atoms with van der Waals surface area (Å²) >= 11 is 3.30. The Morgan fingerprint density at radius 1 is 1.25 bits per heavy atom. The second-order valence-corrected chi connectivity index (χ2v) is 10.4. The molecule has 0 spiro atoms. The Bertz CT molecular complexity index is 1110. The molecule has 5 nitrogen and oxygen atoms in total. The van der Waals surface area contributed by atoms with E-state index >= 15 is 0 Å². The second kappa shape index (κ2) is 10.4. The minimum Gasteiger partial charge on any atom is -0.316 e. The Labute approximate surface area is 197 Å². The standard InChI is InChI=1S/C25H28N4OS2/c1-3-16(4-2)23(30)29-25-21(13-26)20-11-10-18(12-22(20)32-25)27-14-19-15-28-24(31-19)17-8-6-5-7-9-17/h5-9,15-16,18,27H,3-4,10-12,14H2,1-2H3,(H,29,30). The first-order valence-corrected chi connectivity index (χ1v) is 12.8. The van der Waals surface area contributed by atoms with E-state index in [0.717, 1.165) is 59.8 Å². The summed E-state index contributed by atoms with van der Waals surface area (Å²) < 4.78 is 0. The first-order valence-electron chi connectivity index (χ1n) is 11.2. The van der Waals surface area contributed by atoms with Gasteiger partial charge in [0.1, 0.15) is 16.1 Å². The number of carbonyl (C=O) groups is 1. The lowest BCUT2D eigenvalue weighted by atomic mass is 9.92. The van der Waals surface area contributed by atoms with E-state index < -0.39 is 0 Å². The molecule has 0 aliphatic heterocycles.